The molecule has 0 unspecified atom stereocenters. The summed E-state index contributed by atoms with van der Waals surface area (Å²) < 4.78 is 26.7. The van der Waals surface area contributed by atoms with Crippen molar-refractivity contribution in [3.63, 3.8) is 0 Å². The Labute approximate surface area is 120 Å². The number of nitrogens with one attached hydrogen (secondary N) is 1. The van der Waals surface area contributed by atoms with Crippen molar-refractivity contribution in [3.8, 4) is 6.07 Å². The van der Waals surface area contributed by atoms with Crippen LogP contribution in [0.15, 0.2) is 23.2 Å². The van der Waals surface area contributed by atoms with Gasteiger partial charge in [0.15, 0.2) is 5.69 Å². The Balaban J connectivity index is 2.61. The Hall–Kier alpha value is -1.49. The van der Waals surface area contributed by atoms with Gasteiger partial charge in [0, 0.05) is 12.7 Å². The topological polar surface area (TPSA) is 86.1 Å². The Morgan fingerprint density at radius 1 is 1.40 bits per heavy atom. The van der Waals surface area contributed by atoms with Crippen molar-refractivity contribution in [3.05, 3.63) is 24.0 Å². The molecular formula is C13H20N4O2S. The molecule has 7 heteroatoms. The molecule has 0 saturated heterocycles. The number of pyridine rings is 1. The van der Waals surface area contributed by atoms with E-state index < -0.39 is 10.0 Å². The molecule has 1 aromatic rings. The minimum absolute atomic E-state index is 0.0645. The summed E-state index contributed by atoms with van der Waals surface area (Å²) in [5.74, 6) is 0. The molecule has 0 aliphatic rings. The van der Waals surface area contributed by atoms with Gasteiger partial charge in [-0.05, 0) is 38.2 Å². The van der Waals surface area contributed by atoms with Crippen LogP contribution in [0.2, 0.25) is 0 Å². The second-order valence-corrected chi connectivity index (χ2v) is 5.98. The molecule has 0 aliphatic carbocycles. The lowest BCUT2D eigenvalue weighted by Crippen LogP contribution is -2.30. The number of hydrogen-bond donors (Lipinski definition) is 1. The minimum Gasteiger partial charge on any atom is -0.304 e. The lowest BCUT2D eigenvalue weighted by molar-refractivity contribution is 0.300. The van der Waals surface area contributed by atoms with Gasteiger partial charge < -0.3 is 4.90 Å². The van der Waals surface area contributed by atoms with Crippen LogP contribution >= 0.6 is 0 Å². The van der Waals surface area contributed by atoms with Crippen LogP contribution in [-0.4, -0.2) is 44.5 Å². The molecule has 1 N–H and O–H groups in total. The number of hydrogen-bond acceptors (Lipinski definition) is 5. The van der Waals surface area contributed by atoms with Crippen LogP contribution in [0.5, 0.6) is 0 Å². The molecule has 0 atom stereocenters. The molecule has 0 radical (unpaired) electrons. The molecule has 1 aromatic heterocycles. The van der Waals surface area contributed by atoms with Crippen molar-refractivity contribution in [1.29, 1.82) is 5.26 Å². The molecule has 0 bridgehead atoms. The van der Waals surface area contributed by atoms with Crippen molar-refractivity contribution < 1.29 is 8.42 Å². The number of sulfonamides is 1. The number of nitriles is 1. The summed E-state index contributed by atoms with van der Waals surface area (Å²) in [4.78, 5) is 5.91. The zero-order valence-electron chi connectivity index (χ0n) is 11.8. The maximum Gasteiger partial charge on any atom is 0.243 e. The van der Waals surface area contributed by atoms with Crippen molar-refractivity contribution in [2.45, 2.75) is 25.2 Å². The second-order valence-electron chi connectivity index (χ2n) is 4.24. The zero-order chi connectivity index (χ0) is 15.0. The van der Waals surface area contributed by atoms with Crippen molar-refractivity contribution in [1.82, 2.24) is 14.6 Å². The zero-order valence-corrected chi connectivity index (χ0v) is 12.7. The van der Waals surface area contributed by atoms with Gasteiger partial charge in [0.05, 0.1) is 0 Å². The van der Waals surface area contributed by atoms with Gasteiger partial charge >= 0.3 is 0 Å². The van der Waals surface area contributed by atoms with E-state index in [0.29, 0.717) is 6.54 Å². The summed E-state index contributed by atoms with van der Waals surface area (Å²) >= 11 is 0. The summed E-state index contributed by atoms with van der Waals surface area (Å²) in [6.45, 7) is 7.23. The van der Waals surface area contributed by atoms with E-state index in [1.807, 2.05) is 0 Å². The summed E-state index contributed by atoms with van der Waals surface area (Å²) in [5.41, 5.74) is -0.0799. The Bertz CT molecular complexity index is 562. The predicted octanol–water partition coefficient (Wildman–Crippen LogP) is 0.963. The first-order valence-corrected chi connectivity index (χ1v) is 8.10. The molecule has 0 saturated carbocycles. The normalized spacial score (nSPS) is 11.5. The number of rotatable bonds is 8. The summed E-state index contributed by atoms with van der Waals surface area (Å²) in [5, 5.41) is 8.88. The van der Waals surface area contributed by atoms with Gasteiger partial charge in [-0.1, -0.05) is 13.8 Å². The SMILES string of the molecule is CCN(CC)CCCNS(=O)(=O)c1cccnc1C#N. The van der Waals surface area contributed by atoms with Gasteiger partial charge in [-0.15, -0.1) is 0 Å². The van der Waals surface area contributed by atoms with Gasteiger partial charge in [-0.3, -0.25) is 0 Å². The molecular weight excluding hydrogens is 276 g/mol. The second kappa shape index (κ2) is 7.94. The monoisotopic (exact) mass is 296 g/mol. The van der Waals surface area contributed by atoms with Crippen LogP contribution in [0.3, 0.4) is 0 Å². The van der Waals surface area contributed by atoms with E-state index in [9.17, 15) is 8.42 Å². The van der Waals surface area contributed by atoms with Crippen molar-refractivity contribution in [2.75, 3.05) is 26.2 Å². The molecule has 6 nitrogen and oxygen atoms in total. The molecule has 0 spiro atoms. The lowest BCUT2D eigenvalue weighted by atomic mass is 10.4. The van der Waals surface area contributed by atoms with Gasteiger partial charge in [-0.25, -0.2) is 18.1 Å². The standard InChI is InChI=1S/C13H20N4O2S/c1-3-17(4-2)10-6-9-16-20(18,19)13-7-5-8-15-12(13)11-14/h5,7-8,16H,3-4,6,9-10H2,1-2H3. The van der Waals surface area contributed by atoms with E-state index in [-0.39, 0.29) is 10.6 Å². The largest absolute Gasteiger partial charge is 0.304 e. The molecule has 0 amide bonds. The fourth-order valence-electron chi connectivity index (χ4n) is 1.82. The molecule has 20 heavy (non-hydrogen) atoms. The van der Waals surface area contributed by atoms with Gasteiger partial charge in [0.1, 0.15) is 11.0 Å². The summed E-state index contributed by atoms with van der Waals surface area (Å²) in [6, 6.07) is 4.68. The highest BCUT2D eigenvalue weighted by atomic mass is 32.2. The molecule has 110 valence electrons. The average Bonchev–Trinajstić information content (AvgIpc) is 2.47. The van der Waals surface area contributed by atoms with E-state index in [1.165, 1.54) is 18.3 Å². The van der Waals surface area contributed by atoms with E-state index >= 15 is 0 Å². The Kier molecular flexibility index (Phi) is 6.58. The van der Waals surface area contributed by atoms with Crippen molar-refractivity contribution in [2.24, 2.45) is 0 Å². The quantitative estimate of drug-likeness (QED) is 0.722. The first-order chi connectivity index (χ1) is 9.55. The Morgan fingerprint density at radius 2 is 2.10 bits per heavy atom. The smallest absolute Gasteiger partial charge is 0.243 e. The third-order valence-corrected chi connectivity index (χ3v) is 4.50. The maximum atomic E-state index is 12.1. The molecule has 1 heterocycles. The van der Waals surface area contributed by atoms with E-state index in [0.717, 1.165) is 26.1 Å². The van der Waals surface area contributed by atoms with Gasteiger partial charge in [0.2, 0.25) is 10.0 Å². The lowest BCUT2D eigenvalue weighted by Gasteiger charge is -2.17. The Morgan fingerprint density at radius 3 is 2.70 bits per heavy atom. The molecule has 0 aliphatic heterocycles. The fraction of sp³-hybridized carbons (Fsp3) is 0.538. The van der Waals surface area contributed by atoms with Crippen LogP contribution in [0.4, 0.5) is 0 Å². The first-order valence-electron chi connectivity index (χ1n) is 6.62. The van der Waals surface area contributed by atoms with Crippen LogP contribution < -0.4 is 4.72 Å². The maximum absolute atomic E-state index is 12.1. The average molecular weight is 296 g/mol. The molecule has 0 aromatic carbocycles. The minimum atomic E-state index is -3.67. The van der Waals surface area contributed by atoms with E-state index in [1.54, 1.807) is 6.07 Å². The van der Waals surface area contributed by atoms with Crippen LogP contribution in [0, 0.1) is 11.3 Å². The van der Waals surface area contributed by atoms with E-state index in [2.05, 4.69) is 28.5 Å². The highest BCUT2D eigenvalue weighted by Gasteiger charge is 2.18. The third kappa shape index (κ3) is 4.56. The molecule has 1 rings (SSSR count). The first kappa shape index (κ1) is 16.6. The molecule has 0 fully saturated rings. The van der Waals surface area contributed by atoms with Gasteiger partial charge in [-0.2, -0.15) is 5.26 Å². The third-order valence-electron chi connectivity index (χ3n) is 3.00. The van der Waals surface area contributed by atoms with Crippen LogP contribution in [0.25, 0.3) is 0 Å². The highest BCUT2D eigenvalue weighted by molar-refractivity contribution is 7.89. The number of aromatic nitrogens is 1. The van der Waals surface area contributed by atoms with Crippen LogP contribution in [-0.2, 0) is 10.0 Å². The summed E-state index contributed by atoms with van der Waals surface area (Å²) in [7, 11) is -3.67. The predicted molar refractivity (Wildman–Crippen MR) is 76.5 cm³/mol. The fourth-order valence-corrected chi connectivity index (χ4v) is 3.00. The van der Waals surface area contributed by atoms with Gasteiger partial charge in [0.25, 0.3) is 0 Å². The van der Waals surface area contributed by atoms with Crippen molar-refractivity contribution >= 4 is 10.0 Å². The van der Waals surface area contributed by atoms with E-state index in [4.69, 9.17) is 5.26 Å². The summed E-state index contributed by atoms with van der Waals surface area (Å²) in [6.07, 6.45) is 2.13. The number of nitrogens with zero attached hydrogens (tertiary/aromatic N) is 3. The van der Waals surface area contributed by atoms with Crippen LogP contribution in [0.1, 0.15) is 26.0 Å². The highest BCUT2D eigenvalue weighted by Crippen LogP contribution is 2.11.